The molecule has 0 spiro atoms. The van der Waals surface area contributed by atoms with E-state index in [1.165, 1.54) is 0 Å². The van der Waals surface area contributed by atoms with Crippen molar-refractivity contribution >= 4 is 5.97 Å². The van der Waals surface area contributed by atoms with Crippen molar-refractivity contribution in [2.24, 2.45) is 18.8 Å². The molecule has 1 aliphatic heterocycles. The van der Waals surface area contributed by atoms with Gasteiger partial charge in [-0.1, -0.05) is 6.85 Å². The molecule has 0 amide bonds. The van der Waals surface area contributed by atoms with Crippen molar-refractivity contribution in [3.05, 3.63) is 18.2 Å². The summed E-state index contributed by atoms with van der Waals surface area (Å²) in [7, 11) is 0. The van der Waals surface area contributed by atoms with Crippen LogP contribution in [-0.4, -0.2) is 22.1 Å². The molecule has 0 radical (unpaired) electrons. The summed E-state index contributed by atoms with van der Waals surface area (Å²) < 4.78 is 88.7. The number of imidazole rings is 1. The molecule has 2 rings (SSSR count). The Balaban J connectivity index is 2.56. The van der Waals surface area contributed by atoms with E-state index in [0.717, 1.165) is 0 Å². The average Bonchev–Trinajstić information content (AvgIpc) is 2.74. The first-order valence-corrected chi connectivity index (χ1v) is 4.28. The highest BCUT2D eigenvalue weighted by atomic mass is 16.5. The number of rotatable bonds is 3. The molecule has 1 aliphatic rings. The van der Waals surface area contributed by atoms with Crippen molar-refractivity contribution in [3.63, 3.8) is 0 Å². The highest BCUT2D eigenvalue weighted by Crippen LogP contribution is 2.27. The van der Waals surface area contributed by atoms with Crippen molar-refractivity contribution in [2.75, 3.05) is 6.56 Å². The summed E-state index contributed by atoms with van der Waals surface area (Å²) in [6.07, 6.45) is -3.14. The predicted molar refractivity (Wildman–Crippen MR) is 55.1 cm³/mol. The average molecular weight is 219 g/mol. The van der Waals surface area contributed by atoms with Crippen LogP contribution in [0, 0.1) is 11.8 Å². The molecule has 0 unspecified atom stereocenters. The number of hydrogen-bond acceptors (Lipinski definition) is 3. The molecule has 4 heteroatoms. The number of aromatic nitrogens is 2. The van der Waals surface area contributed by atoms with Gasteiger partial charge in [0, 0.05) is 34.3 Å². The maximum absolute atomic E-state index is 12.0. The lowest BCUT2D eigenvalue weighted by molar-refractivity contribution is -0.141. The molecule has 1 fully saturated rings. The van der Waals surface area contributed by atoms with Crippen LogP contribution in [0.15, 0.2) is 12.5 Å². The van der Waals surface area contributed by atoms with Crippen LogP contribution in [0.1, 0.15) is 34.0 Å². The van der Waals surface area contributed by atoms with E-state index in [1.54, 1.807) is 0 Å². The van der Waals surface area contributed by atoms with Crippen LogP contribution in [0.5, 0.6) is 0 Å². The number of cyclic esters (lactones) is 1. The summed E-state index contributed by atoms with van der Waals surface area (Å²) in [5, 5.41) is 0. The van der Waals surface area contributed by atoms with Crippen molar-refractivity contribution in [3.8, 4) is 0 Å². The van der Waals surface area contributed by atoms with Crippen LogP contribution in [0.25, 0.3) is 0 Å². The molecule has 1 saturated heterocycles. The lowest BCUT2D eigenvalue weighted by Crippen LogP contribution is -2.18. The SMILES string of the molecule is [2H]c1nc([2H])n(C([2H])([2H])[2H])c1C[C@]1([2H])[C@H](CC([2H])([2H])[2H])C(=O)OC1([2H])[2H]. The first-order valence-electron chi connectivity index (χ1n) is 9.78. The lowest BCUT2D eigenvalue weighted by atomic mass is 9.89. The summed E-state index contributed by atoms with van der Waals surface area (Å²) in [6, 6.07) is 0. The van der Waals surface area contributed by atoms with E-state index < -0.39 is 69.2 Å². The second kappa shape index (κ2) is 4.04. The Bertz CT molecular complexity index is 723. The number of ether oxygens (including phenoxy) is 1. The van der Waals surface area contributed by atoms with Gasteiger partial charge < -0.3 is 9.30 Å². The van der Waals surface area contributed by atoms with Crippen LogP contribution in [-0.2, 0) is 22.9 Å². The molecule has 82 valence electrons. The second-order valence-corrected chi connectivity index (χ2v) is 3.09. The van der Waals surface area contributed by atoms with Gasteiger partial charge in [0.15, 0.2) is 0 Å². The molecule has 0 aromatic carbocycles. The van der Waals surface area contributed by atoms with Gasteiger partial charge in [-0.2, -0.15) is 0 Å². The van der Waals surface area contributed by atoms with E-state index in [9.17, 15) is 4.79 Å². The number of esters is 1. The fraction of sp³-hybridized carbons (Fsp3) is 0.636. The minimum atomic E-state index is -2.93. The van der Waals surface area contributed by atoms with Gasteiger partial charge in [-0.25, -0.2) is 4.98 Å². The van der Waals surface area contributed by atoms with Crippen molar-refractivity contribution in [2.45, 2.75) is 19.7 Å². The molecule has 15 heavy (non-hydrogen) atoms. The maximum Gasteiger partial charge on any atom is 0.309 e. The van der Waals surface area contributed by atoms with Crippen LogP contribution < -0.4 is 0 Å². The van der Waals surface area contributed by atoms with Gasteiger partial charge in [0.05, 0.1) is 22.9 Å². The Morgan fingerprint density at radius 1 is 2.00 bits per heavy atom. The van der Waals surface area contributed by atoms with E-state index in [2.05, 4.69) is 9.72 Å². The van der Waals surface area contributed by atoms with Gasteiger partial charge in [-0.15, -0.1) is 0 Å². The van der Waals surface area contributed by atoms with Crippen LogP contribution in [0.4, 0.5) is 0 Å². The third-order valence-corrected chi connectivity index (χ3v) is 2.15. The quantitative estimate of drug-likeness (QED) is 0.717. The third kappa shape index (κ3) is 1.89. The zero-order valence-corrected chi connectivity index (χ0v) is 7.70. The molecule has 2 atom stereocenters. The molecule has 0 N–H and O–H groups in total. The van der Waals surface area contributed by atoms with Gasteiger partial charge in [0.2, 0.25) is 0 Å². The van der Waals surface area contributed by atoms with Gasteiger partial charge in [0.1, 0.15) is 1.37 Å². The number of nitrogens with zero attached hydrogens (tertiary/aromatic N) is 2. The zero-order valence-electron chi connectivity index (χ0n) is 18.7. The Hall–Kier alpha value is -1.32. The summed E-state index contributed by atoms with van der Waals surface area (Å²) in [5.74, 6) is -5.44. The van der Waals surface area contributed by atoms with E-state index in [0.29, 0.717) is 4.57 Å². The first-order chi connectivity index (χ1) is 11.5. The molecule has 1 aromatic rings. The fourth-order valence-corrected chi connectivity index (χ4v) is 1.32. The number of carbonyl (C=O) groups is 1. The minimum Gasteiger partial charge on any atom is -0.465 e. The molecular weight excluding hydrogens is 192 g/mol. The summed E-state index contributed by atoms with van der Waals surface area (Å²) >= 11 is 0. The third-order valence-electron chi connectivity index (χ3n) is 2.15. The molecular formula is C11H16N2O2. The Labute approximate surface area is 105 Å². The monoisotopic (exact) mass is 219 g/mol. The fourth-order valence-electron chi connectivity index (χ4n) is 1.32. The van der Waals surface area contributed by atoms with E-state index in [4.69, 9.17) is 15.1 Å². The van der Waals surface area contributed by atoms with Crippen molar-refractivity contribution in [1.29, 1.82) is 0 Å². The normalized spacial score (nSPS) is 46.3. The standard InChI is InChI=1S/C11H16N2O2/c1-3-10-8(6-15-11(10)14)4-9-5-12-7-13(9)2/h5,7-8,10H,3-4,6H2,1-2H3/t8-,10-/m0/s1/i1D3,2D3,5D,6D2,7D,8D. The van der Waals surface area contributed by atoms with Gasteiger partial charge >= 0.3 is 5.97 Å². The van der Waals surface area contributed by atoms with Gasteiger partial charge in [-0.05, 0) is 12.8 Å². The maximum atomic E-state index is 12.0. The van der Waals surface area contributed by atoms with E-state index in [-0.39, 0.29) is 0 Å². The topological polar surface area (TPSA) is 44.1 Å². The van der Waals surface area contributed by atoms with Crippen LogP contribution in [0.3, 0.4) is 0 Å². The molecule has 1 aromatic heterocycles. The summed E-state index contributed by atoms with van der Waals surface area (Å²) in [6.45, 7) is -8.51. The smallest absolute Gasteiger partial charge is 0.309 e. The number of hydrogen-bond donors (Lipinski definition) is 0. The van der Waals surface area contributed by atoms with Crippen molar-refractivity contribution < 1.29 is 24.6 Å². The largest absolute Gasteiger partial charge is 0.465 e. The Morgan fingerprint density at radius 2 is 2.93 bits per heavy atom. The van der Waals surface area contributed by atoms with Crippen LogP contribution in [0.2, 0.25) is 0 Å². The minimum absolute atomic E-state index is 0.386. The van der Waals surface area contributed by atoms with E-state index >= 15 is 0 Å². The number of carbonyl (C=O) groups excluding carboxylic acids is 1. The molecule has 0 bridgehead atoms. The van der Waals surface area contributed by atoms with E-state index in [1.807, 2.05) is 0 Å². The Kier molecular flexibility index (Phi) is 0.899. The van der Waals surface area contributed by atoms with Crippen LogP contribution >= 0.6 is 0 Å². The summed E-state index contributed by atoms with van der Waals surface area (Å²) in [5.41, 5.74) is -0.470. The first kappa shape index (κ1) is 3.34. The van der Waals surface area contributed by atoms with Gasteiger partial charge in [-0.3, -0.25) is 4.79 Å². The zero-order chi connectivity index (χ0) is 20.3. The predicted octanol–water partition coefficient (Wildman–Crippen LogP) is 1.16. The van der Waals surface area contributed by atoms with Gasteiger partial charge in [0.25, 0.3) is 0 Å². The molecule has 2 heterocycles. The highest BCUT2D eigenvalue weighted by Gasteiger charge is 2.35. The molecule has 0 aliphatic carbocycles. The van der Waals surface area contributed by atoms with Crippen molar-refractivity contribution in [1.82, 2.24) is 9.55 Å². The Morgan fingerprint density at radius 3 is 3.73 bits per heavy atom. The second-order valence-electron chi connectivity index (χ2n) is 3.09. The molecule has 4 nitrogen and oxygen atoms in total. The lowest BCUT2D eigenvalue weighted by Gasteiger charge is -2.12. The molecule has 0 saturated carbocycles. The highest BCUT2D eigenvalue weighted by molar-refractivity contribution is 5.74. The summed E-state index contributed by atoms with van der Waals surface area (Å²) in [4.78, 5) is 15.4.